The Kier molecular flexibility index (Phi) is 4.48. The van der Waals surface area contributed by atoms with E-state index < -0.39 is 0 Å². The van der Waals surface area contributed by atoms with E-state index >= 15 is 0 Å². The first kappa shape index (κ1) is 12.4. The molecule has 0 saturated heterocycles. The van der Waals surface area contributed by atoms with Crippen LogP contribution in [0.1, 0.15) is 33.2 Å². The predicted molar refractivity (Wildman–Crippen MR) is 64.1 cm³/mol. The van der Waals surface area contributed by atoms with Gasteiger partial charge in [0.25, 0.3) is 0 Å². The molecule has 0 heterocycles. The minimum absolute atomic E-state index is 0.107. The van der Waals surface area contributed by atoms with Crippen molar-refractivity contribution in [2.45, 2.75) is 17.6 Å². The van der Waals surface area contributed by atoms with Crippen LogP contribution in [-0.4, -0.2) is 16.9 Å². The Morgan fingerprint density at radius 1 is 1.60 bits per heavy atom. The SMILES string of the molecule is CC(Br)C(=O)c1cc(CCl)ccc1C=O. The second kappa shape index (κ2) is 5.42. The molecule has 1 aromatic rings. The van der Waals surface area contributed by atoms with Crippen molar-refractivity contribution in [1.82, 2.24) is 0 Å². The maximum atomic E-state index is 11.7. The van der Waals surface area contributed by atoms with E-state index in [2.05, 4.69) is 15.9 Å². The average molecular weight is 290 g/mol. The summed E-state index contributed by atoms with van der Waals surface area (Å²) in [5.41, 5.74) is 1.66. The smallest absolute Gasteiger partial charge is 0.176 e. The summed E-state index contributed by atoms with van der Waals surface area (Å²) in [4.78, 5) is 22.2. The lowest BCUT2D eigenvalue weighted by molar-refractivity contribution is 0.0989. The Morgan fingerprint density at radius 2 is 2.27 bits per heavy atom. The highest BCUT2D eigenvalue weighted by molar-refractivity contribution is 9.10. The number of benzene rings is 1. The van der Waals surface area contributed by atoms with Crippen LogP contribution in [-0.2, 0) is 5.88 Å². The molecule has 1 unspecified atom stereocenters. The summed E-state index contributed by atoms with van der Waals surface area (Å²) in [6, 6.07) is 5.02. The largest absolute Gasteiger partial charge is 0.298 e. The second-order valence-electron chi connectivity index (χ2n) is 3.15. The molecule has 0 aliphatic rings. The Balaban J connectivity index is 3.23. The zero-order valence-corrected chi connectivity index (χ0v) is 10.5. The van der Waals surface area contributed by atoms with Gasteiger partial charge in [0.1, 0.15) is 0 Å². The van der Waals surface area contributed by atoms with Crippen LogP contribution in [0, 0.1) is 0 Å². The quantitative estimate of drug-likeness (QED) is 0.484. The molecule has 0 aliphatic heterocycles. The van der Waals surface area contributed by atoms with Gasteiger partial charge >= 0.3 is 0 Å². The van der Waals surface area contributed by atoms with Gasteiger partial charge in [0.2, 0.25) is 0 Å². The molecule has 1 aromatic carbocycles. The zero-order valence-electron chi connectivity index (χ0n) is 8.17. The molecule has 0 radical (unpaired) electrons. The summed E-state index contributed by atoms with van der Waals surface area (Å²) >= 11 is 8.86. The third-order valence-electron chi connectivity index (χ3n) is 2.03. The number of alkyl halides is 2. The molecule has 0 aliphatic carbocycles. The maximum absolute atomic E-state index is 11.7. The number of ketones is 1. The fourth-order valence-corrected chi connectivity index (χ4v) is 1.63. The summed E-state index contributed by atoms with van der Waals surface area (Å²) < 4.78 is 0. The van der Waals surface area contributed by atoms with Gasteiger partial charge in [-0.25, -0.2) is 0 Å². The Morgan fingerprint density at radius 3 is 2.73 bits per heavy atom. The molecule has 80 valence electrons. The van der Waals surface area contributed by atoms with E-state index in [4.69, 9.17) is 11.6 Å². The maximum Gasteiger partial charge on any atom is 0.176 e. The van der Waals surface area contributed by atoms with Crippen LogP contribution in [0.4, 0.5) is 0 Å². The van der Waals surface area contributed by atoms with Gasteiger partial charge in [-0.15, -0.1) is 11.6 Å². The molecule has 0 amide bonds. The van der Waals surface area contributed by atoms with Crippen LogP contribution >= 0.6 is 27.5 Å². The molecule has 0 fully saturated rings. The molecule has 0 N–H and O–H groups in total. The molecule has 0 saturated carbocycles. The lowest BCUT2D eigenvalue weighted by atomic mass is 10.0. The van der Waals surface area contributed by atoms with Crippen molar-refractivity contribution < 1.29 is 9.59 Å². The number of hydrogen-bond donors (Lipinski definition) is 0. The van der Waals surface area contributed by atoms with Gasteiger partial charge in [0.05, 0.1) is 4.83 Å². The van der Waals surface area contributed by atoms with Crippen molar-refractivity contribution in [2.75, 3.05) is 0 Å². The number of aldehydes is 1. The van der Waals surface area contributed by atoms with E-state index in [9.17, 15) is 9.59 Å². The molecule has 2 nitrogen and oxygen atoms in total. The number of halogens is 2. The van der Waals surface area contributed by atoms with Gasteiger partial charge in [0, 0.05) is 17.0 Å². The third-order valence-corrected chi connectivity index (χ3v) is 2.75. The summed E-state index contributed by atoms with van der Waals surface area (Å²) in [5.74, 6) is 0.222. The Labute approximate surface area is 102 Å². The highest BCUT2D eigenvalue weighted by atomic mass is 79.9. The normalized spacial score (nSPS) is 12.2. The molecular formula is C11H10BrClO2. The van der Waals surface area contributed by atoms with Gasteiger partial charge < -0.3 is 0 Å². The van der Waals surface area contributed by atoms with Crippen LogP contribution in [0.3, 0.4) is 0 Å². The van der Waals surface area contributed by atoms with E-state index in [1.165, 1.54) is 0 Å². The number of rotatable bonds is 4. The van der Waals surface area contributed by atoms with Crippen LogP contribution in [0.5, 0.6) is 0 Å². The van der Waals surface area contributed by atoms with Gasteiger partial charge in [-0.05, 0) is 18.6 Å². The topological polar surface area (TPSA) is 34.1 Å². The highest BCUT2D eigenvalue weighted by Crippen LogP contribution is 2.17. The van der Waals surface area contributed by atoms with E-state index in [1.54, 1.807) is 25.1 Å². The fourth-order valence-electron chi connectivity index (χ4n) is 1.22. The van der Waals surface area contributed by atoms with E-state index in [1.807, 2.05) is 0 Å². The number of Topliss-reactive ketones (excluding diaryl/α,β-unsaturated/α-hetero) is 1. The minimum Gasteiger partial charge on any atom is -0.298 e. The molecule has 0 bridgehead atoms. The van der Waals surface area contributed by atoms with Crippen molar-refractivity contribution in [3.8, 4) is 0 Å². The highest BCUT2D eigenvalue weighted by Gasteiger charge is 2.16. The molecule has 0 spiro atoms. The second-order valence-corrected chi connectivity index (χ2v) is 4.79. The van der Waals surface area contributed by atoms with Crippen molar-refractivity contribution in [3.05, 3.63) is 34.9 Å². The van der Waals surface area contributed by atoms with E-state index in [0.29, 0.717) is 23.3 Å². The van der Waals surface area contributed by atoms with Gasteiger partial charge in [-0.3, -0.25) is 9.59 Å². The molecule has 4 heteroatoms. The first-order valence-corrected chi connectivity index (χ1v) is 5.87. The molecular weight excluding hydrogens is 279 g/mol. The minimum atomic E-state index is -0.304. The molecule has 1 rings (SSSR count). The van der Waals surface area contributed by atoms with Crippen LogP contribution in [0.25, 0.3) is 0 Å². The molecule has 1 atom stereocenters. The summed E-state index contributed by atoms with van der Waals surface area (Å²) in [6.45, 7) is 1.73. The lowest BCUT2D eigenvalue weighted by Gasteiger charge is -2.07. The number of carbonyl (C=O) groups excluding carboxylic acids is 2. The Hall–Kier alpha value is -0.670. The molecule has 0 aromatic heterocycles. The van der Waals surface area contributed by atoms with Gasteiger partial charge in [0.15, 0.2) is 12.1 Å². The summed E-state index contributed by atoms with van der Waals surface area (Å²) in [7, 11) is 0. The Bertz CT molecular complexity index is 388. The monoisotopic (exact) mass is 288 g/mol. The number of hydrogen-bond acceptors (Lipinski definition) is 2. The van der Waals surface area contributed by atoms with Crippen molar-refractivity contribution >= 4 is 39.6 Å². The first-order chi connectivity index (χ1) is 7.10. The van der Waals surface area contributed by atoms with Crippen LogP contribution < -0.4 is 0 Å². The molecule has 15 heavy (non-hydrogen) atoms. The van der Waals surface area contributed by atoms with Crippen LogP contribution in [0.15, 0.2) is 18.2 Å². The number of carbonyl (C=O) groups is 2. The van der Waals surface area contributed by atoms with Gasteiger partial charge in [-0.1, -0.05) is 28.1 Å². The average Bonchev–Trinajstić information content (AvgIpc) is 2.27. The summed E-state index contributed by atoms with van der Waals surface area (Å²) in [6.07, 6.45) is 0.681. The van der Waals surface area contributed by atoms with Crippen molar-refractivity contribution in [2.24, 2.45) is 0 Å². The fraction of sp³-hybridized carbons (Fsp3) is 0.273. The van der Waals surface area contributed by atoms with Crippen LogP contribution in [0.2, 0.25) is 0 Å². The first-order valence-electron chi connectivity index (χ1n) is 4.42. The van der Waals surface area contributed by atoms with Gasteiger partial charge in [-0.2, -0.15) is 0 Å². The zero-order chi connectivity index (χ0) is 11.4. The standard InChI is InChI=1S/C11H10BrClO2/c1-7(12)11(15)10-4-8(5-13)2-3-9(10)6-14/h2-4,6-7H,5H2,1H3. The summed E-state index contributed by atoms with van der Waals surface area (Å²) in [5, 5.41) is 0. The van der Waals surface area contributed by atoms with E-state index in [0.717, 1.165) is 5.56 Å². The van der Waals surface area contributed by atoms with Crippen molar-refractivity contribution in [3.63, 3.8) is 0 Å². The third kappa shape index (κ3) is 2.89. The lowest BCUT2D eigenvalue weighted by Crippen LogP contribution is -2.12. The van der Waals surface area contributed by atoms with E-state index in [-0.39, 0.29) is 10.6 Å². The van der Waals surface area contributed by atoms with Crippen molar-refractivity contribution in [1.29, 1.82) is 0 Å². The predicted octanol–water partition coefficient (Wildman–Crippen LogP) is 3.20.